The van der Waals surface area contributed by atoms with Crippen LogP contribution in [0.25, 0.3) is 0 Å². The minimum Gasteiger partial charge on any atom is -0.398 e. The molecule has 0 saturated carbocycles. The van der Waals surface area contributed by atoms with Crippen molar-refractivity contribution in [3.05, 3.63) is 45.7 Å². The molecule has 0 fully saturated rings. The van der Waals surface area contributed by atoms with E-state index < -0.39 is 0 Å². The third kappa shape index (κ3) is 2.70. The number of nitrogens with zero attached hydrogens (tertiary/aromatic N) is 2. The van der Waals surface area contributed by atoms with Crippen LogP contribution in [0.5, 0.6) is 0 Å². The summed E-state index contributed by atoms with van der Waals surface area (Å²) in [5.41, 5.74) is 9.46. The number of Topliss-reactive ketones (excluding diaryl/α,β-unsaturated/α-hetero) is 1. The van der Waals surface area contributed by atoms with Crippen LogP contribution in [-0.4, -0.2) is 15.6 Å². The number of carbonyl (C=O) groups excluding carboxylic acids is 1. The van der Waals surface area contributed by atoms with Crippen LogP contribution in [-0.2, 0) is 19.9 Å². The molecule has 0 aliphatic carbocycles. The number of hydrogen-bond donors (Lipinski definition) is 1. The van der Waals surface area contributed by atoms with Crippen molar-refractivity contribution in [1.29, 1.82) is 0 Å². The number of nitrogens with two attached hydrogens (primary N) is 1. The number of benzene rings is 1. The predicted molar refractivity (Wildman–Crippen MR) is 81.2 cm³/mol. The first-order chi connectivity index (χ1) is 9.43. The Labute approximate surface area is 123 Å². The summed E-state index contributed by atoms with van der Waals surface area (Å²) in [6.45, 7) is 3.92. The Balaban J connectivity index is 2.33. The molecule has 0 atom stereocenters. The molecule has 1 heterocycles. The van der Waals surface area contributed by atoms with Crippen LogP contribution >= 0.6 is 11.6 Å². The van der Waals surface area contributed by atoms with Gasteiger partial charge in [0.1, 0.15) is 0 Å². The summed E-state index contributed by atoms with van der Waals surface area (Å²) in [5, 5.41) is 4.89. The highest BCUT2D eigenvalue weighted by Gasteiger charge is 2.18. The summed E-state index contributed by atoms with van der Waals surface area (Å²) in [7, 11) is 1.80. The number of aryl methyl sites for hydroxylation is 3. The molecule has 0 amide bonds. The van der Waals surface area contributed by atoms with Crippen LogP contribution in [0.3, 0.4) is 0 Å². The normalized spacial score (nSPS) is 10.8. The first kappa shape index (κ1) is 14.6. The number of nitrogen functional groups attached to an aromatic ring is 1. The maximum absolute atomic E-state index is 12.4. The highest BCUT2D eigenvalue weighted by atomic mass is 35.5. The van der Waals surface area contributed by atoms with Crippen molar-refractivity contribution in [2.75, 3.05) is 5.73 Å². The van der Waals surface area contributed by atoms with Crippen molar-refractivity contribution >= 4 is 23.1 Å². The van der Waals surface area contributed by atoms with Gasteiger partial charge in [-0.25, -0.2) is 0 Å². The summed E-state index contributed by atoms with van der Waals surface area (Å²) >= 11 is 6.27. The summed E-state index contributed by atoms with van der Waals surface area (Å²) in [5.74, 6) is -0.0428. The lowest BCUT2D eigenvalue weighted by atomic mass is 10.0. The Bertz CT molecular complexity index is 661. The van der Waals surface area contributed by atoms with Gasteiger partial charge in [-0.1, -0.05) is 30.2 Å². The topological polar surface area (TPSA) is 60.9 Å². The van der Waals surface area contributed by atoms with E-state index in [2.05, 4.69) is 5.10 Å². The maximum Gasteiger partial charge on any atom is 0.170 e. The average Bonchev–Trinajstić information content (AvgIpc) is 2.68. The minimum atomic E-state index is -0.0428. The van der Waals surface area contributed by atoms with Crippen LogP contribution in [0, 0.1) is 6.92 Å². The number of ketones is 1. The van der Waals surface area contributed by atoms with E-state index in [1.165, 1.54) is 0 Å². The molecule has 5 heteroatoms. The largest absolute Gasteiger partial charge is 0.398 e. The number of carbonyl (C=O) groups is 1. The van der Waals surface area contributed by atoms with Gasteiger partial charge >= 0.3 is 0 Å². The van der Waals surface area contributed by atoms with Crippen LogP contribution in [0.15, 0.2) is 18.2 Å². The van der Waals surface area contributed by atoms with Gasteiger partial charge in [0, 0.05) is 18.3 Å². The van der Waals surface area contributed by atoms with Gasteiger partial charge in [0.2, 0.25) is 0 Å². The zero-order valence-corrected chi connectivity index (χ0v) is 12.7. The van der Waals surface area contributed by atoms with Gasteiger partial charge in [-0.3, -0.25) is 9.48 Å². The second-order valence-corrected chi connectivity index (χ2v) is 5.25. The molecule has 2 N–H and O–H groups in total. The van der Waals surface area contributed by atoms with E-state index in [0.717, 1.165) is 23.4 Å². The fourth-order valence-electron chi connectivity index (χ4n) is 2.17. The fraction of sp³-hybridized carbons (Fsp3) is 0.333. The van der Waals surface area contributed by atoms with E-state index in [-0.39, 0.29) is 12.2 Å². The molecule has 0 unspecified atom stereocenters. The third-order valence-electron chi connectivity index (χ3n) is 3.34. The molecule has 2 rings (SSSR count). The van der Waals surface area contributed by atoms with Gasteiger partial charge < -0.3 is 5.73 Å². The van der Waals surface area contributed by atoms with Gasteiger partial charge in [-0.2, -0.15) is 5.10 Å². The van der Waals surface area contributed by atoms with E-state index in [1.54, 1.807) is 17.8 Å². The Morgan fingerprint density at radius 1 is 1.45 bits per heavy atom. The van der Waals surface area contributed by atoms with Crippen molar-refractivity contribution in [3.63, 3.8) is 0 Å². The molecule has 0 spiro atoms. The van der Waals surface area contributed by atoms with Crippen molar-refractivity contribution in [2.24, 2.45) is 7.05 Å². The molecular formula is C15H18ClN3O. The Morgan fingerprint density at radius 2 is 2.15 bits per heavy atom. The van der Waals surface area contributed by atoms with E-state index in [4.69, 9.17) is 17.3 Å². The van der Waals surface area contributed by atoms with E-state index >= 15 is 0 Å². The molecule has 106 valence electrons. The minimum absolute atomic E-state index is 0.0428. The molecular weight excluding hydrogens is 274 g/mol. The van der Waals surface area contributed by atoms with E-state index in [0.29, 0.717) is 16.3 Å². The monoisotopic (exact) mass is 291 g/mol. The number of halogens is 1. The Morgan fingerprint density at radius 3 is 2.75 bits per heavy atom. The number of anilines is 1. The lowest BCUT2D eigenvalue weighted by molar-refractivity contribution is 0.0991. The second kappa shape index (κ2) is 5.67. The molecule has 0 aliphatic heterocycles. The zero-order valence-electron chi connectivity index (χ0n) is 11.9. The van der Waals surface area contributed by atoms with Crippen molar-refractivity contribution in [1.82, 2.24) is 9.78 Å². The van der Waals surface area contributed by atoms with Crippen LogP contribution in [0.1, 0.15) is 34.2 Å². The highest BCUT2D eigenvalue weighted by Crippen LogP contribution is 2.23. The second-order valence-electron chi connectivity index (χ2n) is 4.88. The molecule has 2 aromatic rings. The van der Waals surface area contributed by atoms with Gasteiger partial charge in [0.05, 0.1) is 22.8 Å². The molecule has 20 heavy (non-hydrogen) atoms. The first-order valence-electron chi connectivity index (χ1n) is 6.53. The molecule has 0 saturated heterocycles. The van der Waals surface area contributed by atoms with Crippen molar-refractivity contribution < 1.29 is 4.79 Å². The molecule has 1 aromatic carbocycles. The predicted octanol–water partition coefficient (Wildman–Crippen LogP) is 2.95. The van der Waals surface area contributed by atoms with Gasteiger partial charge in [0.15, 0.2) is 5.78 Å². The standard InChI is InChI=1S/C15H18ClN3O/c1-4-12-15(16)13(19(3)18-12)8-14(20)10-7-9(2)5-6-11(10)17/h5-7H,4,8,17H2,1-3H3. The van der Waals surface area contributed by atoms with E-state index in [9.17, 15) is 4.79 Å². The summed E-state index contributed by atoms with van der Waals surface area (Å²) in [6, 6.07) is 5.45. The Hall–Kier alpha value is -1.81. The molecule has 0 bridgehead atoms. The van der Waals surface area contributed by atoms with Gasteiger partial charge in [-0.05, 0) is 25.5 Å². The lowest BCUT2D eigenvalue weighted by Crippen LogP contribution is -2.10. The zero-order chi connectivity index (χ0) is 14.9. The number of hydrogen-bond acceptors (Lipinski definition) is 3. The van der Waals surface area contributed by atoms with Crippen LogP contribution in [0.4, 0.5) is 5.69 Å². The van der Waals surface area contributed by atoms with Crippen LogP contribution < -0.4 is 5.73 Å². The average molecular weight is 292 g/mol. The quantitative estimate of drug-likeness (QED) is 0.696. The van der Waals surface area contributed by atoms with Gasteiger partial charge in [-0.15, -0.1) is 0 Å². The van der Waals surface area contributed by atoms with Gasteiger partial charge in [0.25, 0.3) is 0 Å². The number of rotatable bonds is 4. The first-order valence-corrected chi connectivity index (χ1v) is 6.91. The van der Waals surface area contributed by atoms with E-state index in [1.807, 2.05) is 26.0 Å². The Kier molecular flexibility index (Phi) is 4.14. The smallest absolute Gasteiger partial charge is 0.170 e. The third-order valence-corrected chi connectivity index (χ3v) is 3.78. The molecule has 4 nitrogen and oxygen atoms in total. The van der Waals surface area contributed by atoms with Crippen molar-refractivity contribution in [2.45, 2.75) is 26.7 Å². The fourth-order valence-corrected chi connectivity index (χ4v) is 2.53. The van der Waals surface area contributed by atoms with Crippen molar-refractivity contribution in [3.8, 4) is 0 Å². The lowest BCUT2D eigenvalue weighted by Gasteiger charge is -2.07. The molecule has 1 aromatic heterocycles. The summed E-state index contributed by atoms with van der Waals surface area (Å²) in [4.78, 5) is 12.4. The SMILES string of the molecule is CCc1nn(C)c(CC(=O)c2cc(C)ccc2N)c1Cl. The van der Waals surface area contributed by atoms with Crippen LogP contribution in [0.2, 0.25) is 5.02 Å². The molecule has 0 aliphatic rings. The summed E-state index contributed by atoms with van der Waals surface area (Å²) < 4.78 is 1.67. The molecule has 0 radical (unpaired) electrons. The summed E-state index contributed by atoms with van der Waals surface area (Å²) in [6.07, 6.45) is 0.948. The highest BCUT2D eigenvalue weighted by molar-refractivity contribution is 6.32. The maximum atomic E-state index is 12.4. The number of aromatic nitrogens is 2.